The van der Waals surface area contributed by atoms with Crippen LogP contribution < -0.4 is 9.64 Å². The summed E-state index contributed by atoms with van der Waals surface area (Å²) in [5, 5.41) is 0. The summed E-state index contributed by atoms with van der Waals surface area (Å²) < 4.78 is 5.16. The predicted molar refractivity (Wildman–Crippen MR) is 71.8 cm³/mol. The van der Waals surface area contributed by atoms with E-state index in [-0.39, 0.29) is 6.04 Å². The molecule has 4 heteroatoms. The molecule has 0 aliphatic heterocycles. The summed E-state index contributed by atoms with van der Waals surface area (Å²) in [5.41, 5.74) is 1.21. The number of aromatic nitrogens is 2. The molecule has 0 saturated carbocycles. The molecule has 0 spiro atoms. The molecule has 0 amide bonds. The highest BCUT2D eigenvalue weighted by molar-refractivity contribution is 5.39. The molecule has 0 N–H and O–H groups in total. The van der Waals surface area contributed by atoms with E-state index in [0.717, 1.165) is 11.6 Å². The van der Waals surface area contributed by atoms with Crippen molar-refractivity contribution in [2.75, 3.05) is 19.1 Å². The van der Waals surface area contributed by atoms with Gasteiger partial charge in [0.2, 0.25) is 0 Å². The largest absolute Gasteiger partial charge is 0.497 e. The Hall–Kier alpha value is -2.10. The maximum atomic E-state index is 5.16. The second kappa shape index (κ2) is 5.49. The van der Waals surface area contributed by atoms with Crippen LogP contribution in [0.2, 0.25) is 0 Å². The van der Waals surface area contributed by atoms with Gasteiger partial charge in [-0.3, -0.25) is 4.98 Å². The molecule has 94 valence electrons. The number of ether oxygens (including phenoxy) is 1. The minimum atomic E-state index is 0.229. The third kappa shape index (κ3) is 2.59. The minimum Gasteiger partial charge on any atom is -0.497 e. The van der Waals surface area contributed by atoms with Crippen LogP contribution in [0.4, 0.5) is 5.82 Å². The normalized spacial score (nSPS) is 11.9. The Morgan fingerprint density at radius 3 is 2.44 bits per heavy atom. The Bertz CT molecular complexity index is 484. The van der Waals surface area contributed by atoms with E-state index in [1.807, 2.05) is 19.2 Å². The van der Waals surface area contributed by atoms with Crippen LogP contribution in [-0.4, -0.2) is 24.1 Å². The number of methoxy groups -OCH3 is 1. The Balaban J connectivity index is 2.17. The van der Waals surface area contributed by atoms with Crippen LogP contribution in [-0.2, 0) is 0 Å². The average Bonchev–Trinajstić information content (AvgIpc) is 2.47. The summed E-state index contributed by atoms with van der Waals surface area (Å²) >= 11 is 0. The van der Waals surface area contributed by atoms with Crippen molar-refractivity contribution in [3.63, 3.8) is 0 Å². The molecule has 0 bridgehead atoms. The van der Waals surface area contributed by atoms with Crippen molar-refractivity contribution in [1.82, 2.24) is 9.97 Å². The standard InChI is InChI=1S/C14H17N3O/c1-11(12-4-6-13(18-3)7-5-12)17(2)14-10-15-8-9-16-14/h4-11H,1-3H3. The first-order chi connectivity index (χ1) is 8.72. The van der Waals surface area contributed by atoms with Crippen LogP contribution >= 0.6 is 0 Å². The van der Waals surface area contributed by atoms with Gasteiger partial charge in [-0.15, -0.1) is 0 Å². The number of rotatable bonds is 4. The Morgan fingerprint density at radius 1 is 1.17 bits per heavy atom. The topological polar surface area (TPSA) is 38.2 Å². The molecular formula is C14H17N3O. The molecule has 1 unspecified atom stereocenters. The Morgan fingerprint density at radius 2 is 1.89 bits per heavy atom. The van der Waals surface area contributed by atoms with E-state index < -0.39 is 0 Å². The van der Waals surface area contributed by atoms with Crippen molar-refractivity contribution in [2.24, 2.45) is 0 Å². The first kappa shape index (κ1) is 12.4. The first-order valence-corrected chi connectivity index (χ1v) is 5.85. The molecule has 1 heterocycles. The fourth-order valence-corrected chi connectivity index (χ4v) is 1.78. The van der Waals surface area contributed by atoms with Crippen molar-refractivity contribution in [3.05, 3.63) is 48.4 Å². The van der Waals surface area contributed by atoms with E-state index in [1.54, 1.807) is 25.7 Å². The third-order valence-electron chi connectivity index (χ3n) is 3.09. The van der Waals surface area contributed by atoms with Crippen molar-refractivity contribution in [3.8, 4) is 5.75 Å². The van der Waals surface area contributed by atoms with Gasteiger partial charge < -0.3 is 9.64 Å². The molecule has 0 aliphatic carbocycles. The second-order valence-corrected chi connectivity index (χ2v) is 4.12. The van der Waals surface area contributed by atoms with E-state index >= 15 is 0 Å². The molecule has 1 atom stereocenters. The highest BCUT2D eigenvalue weighted by atomic mass is 16.5. The fraction of sp³-hybridized carbons (Fsp3) is 0.286. The van der Waals surface area contributed by atoms with Gasteiger partial charge in [-0.2, -0.15) is 0 Å². The van der Waals surface area contributed by atoms with Gasteiger partial charge in [0.1, 0.15) is 11.6 Å². The zero-order valence-electron chi connectivity index (χ0n) is 10.9. The zero-order valence-corrected chi connectivity index (χ0v) is 10.9. The molecule has 0 radical (unpaired) electrons. The van der Waals surface area contributed by atoms with Gasteiger partial charge in [0.05, 0.1) is 19.3 Å². The van der Waals surface area contributed by atoms with Crippen LogP contribution in [0.3, 0.4) is 0 Å². The van der Waals surface area contributed by atoms with Gasteiger partial charge in [-0.1, -0.05) is 12.1 Å². The summed E-state index contributed by atoms with van der Waals surface area (Å²) in [6.45, 7) is 2.14. The smallest absolute Gasteiger partial charge is 0.147 e. The highest BCUT2D eigenvalue weighted by Gasteiger charge is 2.13. The molecule has 1 aromatic carbocycles. The lowest BCUT2D eigenvalue weighted by Crippen LogP contribution is -2.22. The highest BCUT2D eigenvalue weighted by Crippen LogP contribution is 2.24. The van der Waals surface area contributed by atoms with Crippen molar-refractivity contribution in [1.29, 1.82) is 0 Å². The molecule has 1 aromatic heterocycles. The number of benzene rings is 1. The van der Waals surface area contributed by atoms with Crippen LogP contribution in [0.1, 0.15) is 18.5 Å². The SMILES string of the molecule is COc1ccc(C(C)N(C)c2cnccn2)cc1. The van der Waals surface area contributed by atoms with Crippen LogP contribution in [0.5, 0.6) is 5.75 Å². The second-order valence-electron chi connectivity index (χ2n) is 4.12. The molecule has 0 fully saturated rings. The lowest BCUT2D eigenvalue weighted by Gasteiger charge is -2.26. The minimum absolute atomic E-state index is 0.229. The van der Waals surface area contributed by atoms with Gasteiger partial charge in [0.25, 0.3) is 0 Å². The van der Waals surface area contributed by atoms with Crippen molar-refractivity contribution in [2.45, 2.75) is 13.0 Å². The summed E-state index contributed by atoms with van der Waals surface area (Å²) in [5.74, 6) is 1.73. The Kier molecular flexibility index (Phi) is 3.77. The van der Waals surface area contributed by atoms with E-state index in [0.29, 0.717) is 0 Å². The monoisotopic (exact) mass is 243 g/mol. The molecule has 2 rings (SSSR count). The number of hydrogen-bond donors (Lipinski definition) is 0. The van der Waals surface area contributed by atoms with Crippen molar-refractivity contribution >= 4 is 5.82 Å². The predicted octanol–water partition coefficient (Wildman–Crippen LogP) is 2.68. The summed E-state index contributed by atoms with van der Waals surface area (Å²) in [6, 6.07) is 8.30. The third-order valence-corrected chi connectivity index (χ3v) is 3.09. The molecule has 0 saturated heterocycles. The number of hydrogen-bond acceptors (Lipinski definition) is 4. The summed E-state index contributed by atoms with van der Waals surface area (Å²) in [7, 11) is 3.68. The molecule has 4 nitrogen and oxygen atoms in total. The van der Waals surface area contributed by atoms with Gasteiger partial charge in [-0.05, 0) is 24.6 Å². The van der Waals surface area contributed by atoms with E-state index in [4.69, 9.17) is 4.74 Å². The Labute approximate surface area is 107 Å². The maximum Gasteiger partial charge on any atom is 0.147 e. The molecule has 0 aliphatic rings. The van der Waals surface area contributed by atoms with Gasteiger partial charge >= 0.3 is 0 Å². The number of nitrogens with zero attached hydrogens (tertiary/aromatic N) is 3. The van der Waals surface area contributed by atoms with Crippen LogP contribution in [0.15, 0.2) is 42.9 Å². The maximum absolute atomic E-state index is 5.16. The first-order valence-electron chi connectivity index (χ1n) is 5.85. The average molecular weight is 243 g/mol. The van der Waals surface area contributed by atoms with Crippen LogP contribution in [0, 0.1) is 0 Å². The summed E-state index contributed by atoms with van der Waals surface area (Å²) in [6.07, 6.45) is 5.14. The van der Waals surface area contributed by atoms with Gasteiger partial charge in [0, 0.05) is 19.4 Å². The van der Waals surface area contributed by atoms with Crippen LogP contribution in [0.25, 0.3) is 0 Å². The van der Waals surface area contributed by atoms with Crippen molar-refractivity contribution < 1.29 is 4.74 Å². The number of anilines is 1. The zero-order chi connectivity index (χ0) is 13.0. The molecule has 18 heavy (non-hydrogen) atoms. The molecule has 2 aromatic rings. The van der Waals surface area contributed by atoms with Gasteiger partial charge in [0.15, 0.2) is 0 Å². The van der Waals surface area contributed by atoms with E-state index in [2.05, 4.69) is 33.9 Å². The van der Waals surface area contributed by atoms with E-state index in [9.17, 15) is 0 Å². The van der Waals surface area contributed by atoms with Gasteiger partial charge in [-0.25, -0.2) is 4.98 Å². The lowest BCUT2D eigenvalue weighted by atomic mass is 10.1. The molecular weight excluding hydrogens is 226 g/mol. The van der Waals surface area contributed by atoms with E-state index in [1.165, 1.54) is 5.56 Å². The fourth-order valence-electron chi connectivity index (χ4n) is 1.78. The lowest BCUT2D eigenvalue weighted by molar-refractivity contribution is 0.414. The summed E-state index contributed by atoms with van der Waals surface area (Å²) in [4.78, 5) is 10.5. The quantitative estimate of drug-likeness (QED) is 0.827.